The molecule has 0 radical (unpaired) electrons. The van der Waals surface area contributed by atoms with Crippen LogP contribution in [-0.4, -0.2) is 29.1 Å². The first-order chi connectivity index (χ1) is 27.8. The highest BCUT2D eigenvalue weighted by Gasteiger charge is 2.18. The molecule has 0 saturated carbocycles. The average Bonchev–Trinajstić information content (AvgIpc) is 3.79. The Bertz CT molecular complexity index is 3180. The summed E-state index contributed by atoms with van der Waals surface area (Å²) < 4.78 is 4.69. The molecule has 11 rings (SSSR count). The number of hydrogen-bond acceptors (Lipinski definition) is 4. The molecule has 6 heterocycles. The van der Waals surface area contributed by atoms with E-state index >= 15 is 0 Å². The Morgan fingerprint density at radius 2 is 0.911 bits per heavy atom. The van der Waals surface area contributed by atoms with Gasteiger partial charge in [-0.3, -0.25) is 15.0 Å². The standard InChI is InChI=1S/C50H32N6/c1-2-13-37(14-3-1)55-47-24-22-34(29-41(47)50-48(55)20-11-27-53-50)35-21-23-40-39-16-4-5-19-46(39)56(49(40)32-35)38-15-10-12-33(28-38)36-30-44(42-17-6-8-25-51-42)54-45(31-36)43-18-7-9-26-52-43/h1-32H. The minimum atomic E-state index is 0.801. The van der Waals surface area contributed by atoms with Crippen molar-refractivity contribution in [2.45, 2.75) is 0 Å². The Labute approximate surface area is 322 Å². The molecule has 0 unspecified atom stereocenters. The maximum Gasteiger partial charge on any atom is 0.0963 e. The minimum absolute atomic E-state index is 0.801. The summed E-state index contributed by atoms with van der Waals surface area (Å²) in [6.45, 7) is 0. The summed E-state index contributed by atoms with van der Waals surface area (Å²) in [6, 6.07) is 61.8. The molecule has 0 saturated heterocycles. The van der Waals surface area contributed by atoms with E-state index in [1.807, 2.05) is 48.7 Å². The maximum atomic E-state index is 5.01. The van der Waals surface area contributed by atoms with E-state index in [4.69, 9.17) is 9.97 Å². The van der Waals surface area contributed by atoms with Crippen molar-refractivity contribution in [2.24, 2.45) is 0 Å². The van der Waals surface area contributed by atoms with Gasteiger partial charge in [0.25, 0.3) is 0 Å². The summed E-state index contributed by atoms with van der Waals surface area (Å²) in [6.07, 6.45) is 5.49. The number of hydrogen-bond donors (Lipinski definition) is 0. The smallest absolute Gasteiger partial charge is 0.0963 e. The summed E-state index contributed by atoms with van der Waals surface area (Å²) in [5.74, 6) is 0. The van der Waals surface area contributed by atoms with Gasteiger partial charge in [0, 0.05) is 46.1 Å². The fraction of sp³-hybridized carbons (Fsp3) is 0. The van der Waals surface area contributed by atoms with Crippen LogP contribution in [0.5, 0.6) is 0 Å². The SMILES string of the molecule is c1ccc(-n2c3ccc(-c4ccc5c6ccccc6n(-c6cccc(-c7cc(-c8ccccn8)nc(-c8ccccn8)c7)c6)c5c4)cc3c3ncccc32)cc1. The molecule has 0 atom stereocenters. The van der Waals surface area contributed by atoms with E-state index in [9.17, 15) is 0 Å². The highest BCUT2D eigenvalue weighted by Crippen LogP contribution is 2.39. The molecule has 0 aliphatic heterocycles. The van der Waals surface area contributed by atoms with Gasteiger partial charge in [0.1, 0.15) is 0 Å². The van der Waals surface area contributed by atoms with Gasteiger partial charge in [-0.1, -0.05) is 78.9 Å². The predicted molar refractivity (Wildman–Crippen MR) is 228 cm³/mol. The van der Waals surface area contributed by atoms with Gasteiger partial charge in [-0.25, -0.2) is 4.98 Å². The van der Waals surface area contributed by atoms with Crippen LogP contribution in [0.2, 0.25) is 0 Å². The summed E-state index contributed by atoms with van der Waals surface area (Å²) >= 11 is 0. The van der Waals surface area contributed by atoms with Crippen molar-refractivity contribution < 1.29 is 0 Å². The molecule has 262 valence electrons. The predicted octanol–water partition coefficient (Wildman–Crippen LogP) is 12.1. The quantitative estimate of drug-likeness (QED) is 0.172. The lowest BCUT2D eigenvalue weighted by Crippen LogP contribution is -1.96. The molecule has 56 heavy (non-hydrogen) atoms. The molecule has 5 aromatic carbocycles. The maximum absolute atomic E-state index is 5.01. The van der Waals surface area contributed by atoms with Gasteiger partial charge in [0.05, 0.1) is 50.4 Å². The lowest BCUT2D eigenvalue weighted by molar-refractivity contribution is 1.17. The Hall–Kier alpha value is -7.70. The Morgan fingerprint density at radius 3 is 1.70 bits per heavy atom. The summed E-state index contributed by atoms with van der Waals surface area (Å²) in [5.41, 5.74) is 15.4. The Kier molecular flexibility index (Phi) is 7.38. The highest BCUT2D eigenvalue weighted by molar-refractivity contribution is 6.11. The fourth-order valence-electron chi connectivity index (χ4n) is 8.11. The van der Waals surface area contributed by atoms with Crippen molar-refractivity contribution in [1.29, 1.82) is 0 Å². The second-order valence-corrected chi connectivity index (χ2v) is 14.0. The van der Waals surface area contributed by atoms with Crippen LogP contribution in [0.15, 0.2) is 195 Å². The molecule has 0 bridgehead atoms. The summed E-state index contributed by atoms with van der Waals surface area (Å²) in [4.78, 5) is 19.1. The minimum Gasteiger partial charge on any atom is -0.309 e. The Morgan fingerprint density at radius 1 is 0.304 bits per heavy atom. The van der Waals surface area contributed by atoms with E-state index in [-0.39, 0.29) is 0 Å². The van der Waals surface area contributed by atoms with Gasteiger partial charge in [-0.15, -0.1) is 0 Å². The van der Waals surface area contributed by atoms with Gasteiger partial charge in [0.15, 0.2) is 0 Å². The third kappa shape index (κ3) is 5.27. The zero-order valence-electron chi connectivity index (χ0n) is 30.2. The molecule has 0 fully saturated rings. The Balaban J connectivity index is 1.08. The van der Waals surface area contributed by atoms with Crippen LogP contribution in [0.1, 0.15) is 0 Å². The van der Waals surface area contributed by atoms with Crippen LogP contribution in [0, 0.1) is 0 Å². The molecule has 6 aromatic heterocycles. The third-order valence-corrected chi connectivity index (χ3v) is 10.7. The van der Waals surface area contributed by atoms with E-state index < -0.39 is 0 Å². The molecule has 0 N–H and O–H groups in total. The van der Waals surface area contributed by atoms with Gasteiger partial charge in [-0.2, -0.15) is 0 Å². The highest BCUT2D eigenvalue weighted by atomic mass is 15.0. The average molecular weight is 717 g/mol. The van der Waals surface area contributed by atoms with Gasteiger partial charge in [-0.05, 0) is 119 Å². The van der Waals surface area contributed by atoms with E-state index in [1.165, 1.54) is 10.8 Å². The lowest BCUT2D eigenvalue weighted by Gasteiger charge is -2.13. The molecule has 0 aliphatic carbocycles. The van der Waals surface area contributed by atoms with E-state index in [0.717, 1.165) is 89.4 Å². The first-order valence-electron chi connectivity index (χ1n) is 18.7. The summed E-state index contributed by atoms with van der Waals surface area (Å²) in [5, 5.41) is 3.54. The van der Waals surface area contributed by atoms with E-state index in [0.29, 0.717) is 0 Å². The van der Waals surface area contributed by atoms with Crippen molar-refractivity contribution in [3.05, 3.63) is 195 Å². The normalized spacial score (nSPS) is 11.6. The molecule has 0 spiro atoms. The lowest BCUT2D eigenvalue weighted by atomic mass is 10.0. The first-order valence-corrected chi connectivity index (χ1v) is 18.7. The van der Waals surface area contributed by atoms with Gasteiger partial charge >= 0.3 is 0 Å². The number of aromatic nitrogens is 6. The van der Waals surface area contributed by atoms with Crippen LogP contribution >= 0.6 is 0 Å². The monoisotopic (exact) mass is 716 g/mol. The zero-order valence-corrected chi connectivity index (χ0v) is 30.2. The van der Waals surface area contributed by atoms with Gasteiger partial charge in [0.2, 0.25) is 0 Å². The number of pyridine rings is 4. The number of rotatable bonds is 6. The fourth-order valence-corrected chi connectivity index (χ4v) is 8.11. The third-order valence-electron chi connectivity index (χ3n) is 10.7. The van der Waals surface area contributed by atoms with Crippen LogP contribution in [0.25, 0.3) is 100 Å². The van der Waals surface area contributed by atoms with Crippen LogP contribution < -0.4 is 0 Å². The second-order valence-electron chi connectivity index (χ2n) is 14.0. The van der Waals surface area contributed by atoms with Crippen molar-refractivity contribution in [2.75, 3.05) is 0 Å². The number of nitrogens with zero attached hydrogens (tertiary/aromatic N) is 6. The molecule has 6 heteroatoms. The van der Waals surface area contributed by atoms with Gasteiger partial charge < -0.3 is 9.13 Å². The van der Waals surface area contributed by atoms with Crippen molar-refractivity contribution in [3.8, 4) is 56.4 Å². The van der Waals surface area contributed by atoms with E-state index in [1.54, 1.807) is 12.4 Å². The molecule has 6 nitrogen and oxygen atoms in total. The van der Waals surface area contributed by atoms with E-state index in [2.05, 4.69) is 153 Å². The first kappa shape index (κ1) is 31.8. The molecule has 0 aliphatic rings. The summed E-state index contributed by atoms with van der Waals surface area (Å²) in [7, 11) is 0. The topological polar surface area (TPSA) is 61.4 Å². The zero-order chi connectivity index (χ0) is 37.0. The van der Waals surface area contributed by atoms with Crippen LogP contribution in [-0.2, 0) is 0 Å². The number of benzene rings is 5. The van der Waals surface area contributed by atoms with Crippen molar-refractivity contribution in [1.82, 2.24) is 29.1 Å². The molecular weight excluding hydrogens is 685 g/mol. The molecule has 0 amide bonds. The second kappa shape index (κ2) is 13.0. The van der Waals surface area contributed by atoms with Crippen molar-refractivity contribution in [3.63, 3.8) is 0 Å². The molecule has 11 aromatic rings. The molecular formula is C50H32N6. The van der Waals surface area contributed by atoms with Crippen molar-refractivity contribution >= 4 is 43.7 Å². The number of fused-ring (bicyclic) bond motifs is 6. The number of para-hydroxylation sites is 2. The largest absolute Gasteiger partial charge is 0.309 e. The van der Waals surface area contributed by atoms with Crippen LogP contribution in [0.4, 0.5) is 0 Å². The van der Waals surface area contributed by atoms with Crippen LogP contribution in [0.3, 0.4) is 0 Å².